The van der Waals surface area contributed by atoms with Crippen LogP contribution >= 0.6 is 24.0 Å². The molecule has 1 fully saturated rings. The molecule has 6 nitrogen and oxygen atoms in total. The van der Waals surface area contributed by atoms with Crippen LogP contribution in [0.2, 0.25) is 0 Å². The molecular formula is C17H31IN6. The molecule has 1 N–H and O–H groups in total. The standard InChI is InChI=1S/C17H30N6.HI/c1-4-18-16(22-11-9-17(2,3)13-22)19-12-15-21-20-14-8-6-5-7-10-23(14)15;/h4-13H2,1-3H3,(H,18,19);1H. The maximum atomic E-state index is 4.85. The molecule has 0 aliphatic carbocycles. The zero-order valence-corrected chi connectivity index (χ0v) is 17.5. The van der Waals surface area contributed by atoms with Crippen molar-refractivity contribution in [2.45, 2.75) is 66.0 Å². The molecular weight excluding hydrogens is 415 g/mol. The Hall–Kier alpha value is -0.860. The minimum Gasteiger partial charge on any atom is -0.357 e. The first-order chi connectivity index (χ1) is 11.1. The second-order valence-corrected chi connectivity index (χ2v) is 7.50. The molecule has 1 aromatic heterocycles. The summed E-state index contributed by atoms with van der Waals surface area (Å²) in [5.74, 6) is 3.17. The Morgan fingerprint density at radius 1 is 1.21 bits per heavy atom. The van der Waals surface area contributed by atoms with Gasteiger partial charge in [0.15, 0.2) is 11.8 Å². The molecule has 1 aromatic rings. The van der Waals surface area contributed by atoms with E-state index in [1.54, 1.807) is 0 Å². The lowest BCUT2D eigenvalue weighted by molar-refractivity contribution is 0.370. The highest BCUT2D eigenvalue weighted by Gasteiger charge is 2.30. The predicted molar refractivity (Wildman–Crippen MR) is 108 cm³/mol. The lowest BCUT2D eigenvalue weighted by Gasteiger charge is -2.23. The van der Waals surface area contributed by atoms with E-state index in [1.165, 1.54) is 25.7 Å². The van der Waals surface area contributed by atoms with E-state index in [-0.39, 0.29) is 24.0 Å². The second kappa shape index (κ2) is 8.49. The van der Waals surface area contributed by atoms with Gasteiger partial charge < -0.3 is 14.8 Å². The van der Waals surface area contributed by atoms with Crippen LogP contribution in [-0.2, 0) is 19.5 Å². The Morgan fingerprint density at radius 2 is 2.04 bits per heavy atom. The van der Waals surface area contributed by atoms with E-state index in [1.807, 2.05) is 0 Å². The predicted octanol–water partition coefficient (Wildman–Crippen LogP) is 2.82. The quantitative estimate of drug-likeness (QED) is 0.441. The van der Waals surface area contributed by atoms with Gasteiger partial charge in [-0.25, -0.2) is 4.99 Å². The van der Waals surface area contributed by atoms with Crippen LogP contribution in [0.5, 0.6) is 0 Å². The third-order valence-corrected chi connectivity index (χ3v) is 4.87. The number of nitrogens with zero attached hydrogens (tertiary/aromatic N) is 5. The summed E-state index contributed by atoms with van der Waals surface area (Å²) in [4.78, 5) is 7.23. The van der Waals surface area contributed by atoms with Crippen molar-refractivity contribution < 1.29 is 0 Å². The largest absolute Gasteiger partial charge is 0.357 e. The summed E-state index contributed by atoms with van der Waals surface area (Å²) >= 11 is 0. The number of fused-ring (bicyclic) bond motifs is 1. The summed E-state index contributed by atoms with van der Waals surface area (Å²) in [5, 5.41) is 12.2. The smallest absolute Gasteiger partial charge is 0.194 e. The lowest BCUT2D eigenvalue weighted by atomic mass is 9.93. The van der Waals surface area contributed by atoms with Gasteiger partial charge in [-0.05, 0) is 31.6 Å². The summed E-state index contributed by atoms with van der Waals surface area (Å²) in [5.41, 5.74) is 0.377. The second-order valence-electron chi connectivity index (χ2n) is 7.50. The average Bonchev–Trinajstić information content (AvgIpc) is 2.98. The van der Waals surface area contributed by atoms with Gasteiger partial charge in [0.2, 0.25) is 0 Å². The fraction of sp³-hybridized carbons (Fsp3) is 0.824. The molecule has 0 saturated carbocycles. The van der Waals surface area contributed by atoms with Crippen molar-refractivity contribution in [3.05, 3.63) is 11.6 Å². The fourth-order valence-electron chi connectivity index (χ4n) is 3.53. The number of nitrogens with one attached hydrogen (secondary N) is 1. The zero-order valence-electron chi connectivity index (χ0n) is 15.2. The van der Waals surface area contributed by atoms with Gasteiger partial charge in [-0.1, -0.05) is 20.3 Å². The van der Waals surface area contributed by atoms with E-state index < -0.39 is 0 Å². The molecule has 0 unspecified atom stereocenters. The Kier molecular flexibility index (Phi) is 6.88. The van der Waals surface area contributed by atoms with E-state index in [4.69, 9.17) is 4.99 Å². The van der Waals surface area contributed by atoms with Crippen LogP contribution in [0.25, 0.3) is 0 Å². The van der Waals surface area contributed by atoms with Crippen molar-refractivity contribution in [1.82, 2.24) is 25.0 Å². The molecule has 0 amide bonds. The molecule has 24 heavy (non-hydrogen) atoms. The zero-order chi connectivity index (χ0) is 16.3. The SMILES string of the molecule is CCNC(=NCc1nnc2n1CCCCC2)N1CCC(C)(C)C1.I. The summed E-state index contributed by atoms with van der Waals surface area (Å²) in [6, 6.07) is 0. The molecule has 0 aromatic carbocycles. The molecule has 0 atom stereocenters. The first-order valence-corrected chi connectivity index (χ1v) is 9.03. The van der Waals surface area contributed by atoms with Gasteiger partial charge in [-0.15, -0.1) is 34.2 Å². The summed E-state index contributed by atoms with van der Waals surface area (Å²) < 4.78 is 2.29. The van der Waals surface area contributed by atoms with Crippen molar-refractivity contribution in [1.29, 1.82) is 0 Å². The van der Waals surface area contributed by atoms with Crippen molar-refractivity contribution in [3.8, 4) is 0 Å². The van der Waals surface area contributed by atoms with Gasteiger partial charge in [0.05, 0.1) is 0 Å². The molecule has 0 bridgehead atoms. The molecule has 7 heteroatoms. The monoisotopic (exact) mass is 446 g/mol. The van der Waals surface area contributed by atoms with Gasteiger partial charge in [0, 0.05) is 32.6 Å². The molecule has 0 radical (unpaired) electrons. The van der Waals surface area contributed by atoms with Crippen molar-refractivity contribution in [2.24, 2.45) is 10.4 Å². The summed E-state index contributed by atoms with van der Waals surface area (Å²) in [6.45, 7) is 11.5. The molecule has 3 heterocycles. The number of aromatic nitrogens is 3. The third-order valence-electron chi connectivity index (χ3n) is 4.87. The van der Waals surface area contributed by atoms with E-state index in [2.05, 4.69) is 45.8 Å². The van der Waals surface area contributed by atoms with Gasteiger partial charge in [0.25, 0.3) is 0 Å². The van der Waals surface area contributed by atoms with Crippen LogP contribution < -0.4 is 5.32 Å². The molecule has 2 aliphatic heterocycles. The van der Waals surface area contributed by atoms with Crippen LogP contribution in [0.15, 0.2) is 4.99 Å². The Bertz CT molecular complexity index is 565. The van der Waals surface area contributed by atoms with Crippen LogP contribution in [0.4, 0.5) is 0 Å². The van der Waals surface area contributed by atoms with Crippen molar-refractivity contribution in [2.75, 3.05) is 19.6 Å². The highest BCUT2D eigenvalue weighted by atomic mass is 127. The van der Waals surface area contributed by atoms with Gasteiger partial charge >= 0.3 is 0 Å². The fourth-order valence-corrected chi connectivity index (χ4v) is 3.53. The minimum atomic E-state index is 0. The maximum absolute atomic E-state index is 4.85. The number of rotatable bonds is 3. The van der Waals surface area contributed by atoms with Crippen molar-refractivity contribution in [3.63, 3.8) is 0 Å². The number of aryl methyl sites for hydroxylation is 1. The Labute approximate surface area is 162 Å². The van der Waals surface area contributed by atoms with Crippen molar-refractivity contribution >= 4 is 29.9 Å². The minimum absolute atomic E-state index is 0. The molecule has 0 spiro atoms. The first-order valence-electron chi connectivity index (χ1n) is 9.03. The number of hydrogen-bond donors (Lipinski definition) is 1. The van der Waals surface area contributed by atoms with Gasteiger partial charge in [0.1, 0.15) is 12.4 Å². The number of likely N-dealkylation sites (tertiary alicyclic amines) is 1. The molecule has 1 saturated heterocycles. The molecule has 136 valence electrons. The van der Waals surface area contributed by atoms with Crippen LogP contribution in [0, 0.1) is 5.41 Å². The van der Waals surface area contributed by atoms with Gasteiger partial charge in [-0.2, -0.15) is 0 Å². The molecule has 3 rings (SSSR count). The number of halogens is 1. The lowest BCUT2D eigenvalue weighted by Crippen LogP contribution is -2.40. The van der Waals surface area contributed by atoms with Crippen LogP contribution in [-0.4, -0.2) is 45.3 Å². The third kappa shape index (κ3) is 4.61. The summed E-state index contributed by atoms with van der Waals surface area (Å²) in [6.07, 6.45) is 6.02. The summed E-state index contributed by atoms with van der Waals surface area (Å²) in [7, 11) is 0. The number of aliphatic imine (C=N–C) groups is 1. The number of hydrogen-bond acceptors (Lipinski definition) is 3. The highest BCUT2D eigenvalue weighted by molar-refractivity contribution is 14.0. The first kappa shape index (κ1) is 19.5. The van der Waals surface area contributed by atoms with Crippen LogP contribution in [0.1, 0.15) is 58.1 Å². The Balaban J connectivity index is 0.00000208. The highest BCUT2D eigenvalue weighted by Crippen LogP contribution is 2.28. The van der Waals surface area contributed by atoms with Crippen LogP contribution in [0.3, 0.4) is 0 Å². The normalized spacial score (nSPS) is 20.3. The maximum Gasteiger partial charge on any atom is 0.194 e. The average molecular weight is 446 g/mol. The number of guanidine groups is 1. The van der Waals surface area contributed by atoms with E-state index in [0.29, 0.717) is 12.0 Å². The molecule has 2 aliphatic rings. The topological polar surface area (TPSA) is 58.3 Å². The van der Waals surface area contributed by atoms with E-state index in [9.17, 15) is 0 Å². The Morgan fingerprint density at radius 3 is 2.75 bits per heavy atom. The van der Waals surface area contributed by atoms with E-state index >= 15 is 0 Å². The van der Waals surface area contributed by atoms with Gasteiger partial charge in [-0.3, -0.25) is 0 Å². The van der Waals surface area contributed by atoms with E-state index in [0.717, 1.165) is 50.2 Å².